The Morgan fingerprint density at radius 2 is 1.23 bits per heavy atom. The fourth-order valence-corrected chi connectivity index (χ4v) is 4.65. The average Bonchev–Trinajstić information content (AvgIpc) is 2.94. The summed E-state index contributed by atoms with van der Waals surface area (Å²) in [5, 5.41) is 9.53. The summed E-state index contributed by atoms with van der Waals surface area (Å²) >= 11 is 0. The van der Waals surface area contributed by atoms with Gasteiger partial charge in [0.25, 0.3) is 0 Å². The first-order valence-electron chi connectivity index (χ1n) is 16.9. The molecular weight excluding hydrogens is 546 g/mol. The fourth-order valence-electron chi connectivity index (χ4n) is 4.65. The maximum absolute atomic E-state index is 12.5. The minimum Gasteiger partial charge on any atom is -0.477 e. The Bertz CT molecular complexity index is 773. The number of nitrogens with zero attached hydrogens (tertiary/aromatic N) is 1. The molecule has 0 heterocycles. The van der Waals surface area contributed by atoms with Crippen LogP contribution in [0.25, 0.3) is 0 Å². The van der Waals surface area contributed by atoms with Gasteiger partial charge in [0.05, 0.1) is 34.4 Å². The van der Waals surface area contributed by atoms with Crippen LogP contribution < -0.4 is 0 Å². The van der Waals surface area contributed by atoms with Crippen LogP contribution in [-0.2, 0) is 28.6 Å². The maximum Gasteiger partial charge on any atom is 0.362 e. The minimum atomic E-state index is -0.882. The third kappa shape index (κ3) is 26.0. The number of carboxylic acid groups (broad SMARTS) is 1. The summed E-state index contributed by atoms with van der Waals surface area (Å²) in [6, 6.07) is -0.614. The molecule has 2 unspecified atom stereocenters. The van der Waals surface area contributed by atoms with Gasteiger partial charge in [0.1, 0.15) is 6.61 Å². The summed E-state index contributed by atoms with van der Waals surface area (Å²) in [6.07, 6.45) is 25.1. The van der Waals surface area contributed by atoms with Crippen molar-refractivity contribution in [3.05, 3.63) is 24.3 Å². The molecular formula is C35H64NO7+. The van der Waals surface area contributed by atoms with Gasteiger partial charge < -0.3 is 23.8 Å². The van der Waals surface area contributed by atoms with Crippen LogP contribution in [0.4, 0.5) is 0 Å². The van der Waals surface area contributed by atoms with Gasteiger partial charge in [0.15, 0.2) is 12.1 Å². The summed E-state index contributed by atoms with van der Waals surface area (Å²) < 4.78 is 17.1. The largest absolute Gasteiger partial charge is 0.477 e. The molecule has 1 N–H and O–H groups in total. The van der Waals surface area contributed by atoms with Crippen LogP contribution >= 0.6 is 0 Å². The van der Waals surface area contributed by atoms with Gasteiger partial charge in [-0.3, -0.25) is 9.59 Å². The summed E-state index contributed by atoms with van der Waals surface area (Å²) in [7, 11) is 5.49. The summed E-state index contributed by atoms with van der Waals surface area (Å²) in [6.45, 7) is 4.59. The van der Waals surface area contributed by atoms with E-state index in [-0.39, 0.29) is 36.2 Å². The predicted molar refractivity (Wildman–Crippen MR) is 174 cm³/mol. The van der Waals surface area contributed by atoms with Gasteiger partial charge in [-0.05, 0) is 32.1 Å². The second kappa shape index (κ2) is 27.4. The molecule has 0 aromatic carbocycles. The van der Waals surface area contributed by atoms with Gasteiger partial charge in [-0.2, -0.15) is 0 Å². The number of rotatable bonds is 29. The third-order valence-electron chi connectivity index (χ3n) is 7.38. The topological polar surface area (TPSA) is 99.1 Å². The van der Waals surface area contributed by atoms with Gasteiger partial charge in [-0.1, -0.05) is 102 Å². The van der Waals surface area contributed by atoms with E-state index >= 15 is 0 Å². The van der Waals surface area contributed by atoms with Crippen molar-refractivity contribution < 1.29 is 38.2 Å². The van der Waals surface area contributed by atoms with E-state index in [1.165, 1.54) is 44.9 Å². The molecule has 0 aromatic heterocycles. The molecule has 0 bridgehead atoms. The Morgan fingerprint density at radius 3 is 1.81 bits per heavy atom. The smallest absolute Gasteiger partial charge is 0.362 e. The van der Waals surface area contributed by atoms with E-state index in [1.54, 1.807) is 0 Å². The van der Waals surface area contributed by atoms with Crippen molar-refractivity contribution in [2.75, 3.05) is 41.0 Å². The van der Waals surface area contributed by atoms with E-state index in [9.17, 15) is 19.5 Å². The molecule has 0 spiro atoms. The van der Waals surface area contributed by atoms with E-state index in [4.69, 9.17) is 14.2 Å². The quantitative estimate of drug-likeness (QED) is 0.0399. The first-order chi connectivity index (χ1) is 20.6. The van der Waals surface area contributed by atoms with Crippen molar-refractivity contribution in [1.29, 1.82) is 0 Å². The normalized spacial score (nSPS) is 13.4. The van der Waals surface area contributed by atoms with E-state index < -0.39 is 18.1 Å². The highest BCUT2D eigenvalue weighted by atomic mass is 16.6. The minimum absolute atomic E-state index is 0.0524. The number of allylic oxidation sites excluding steroid dienone is 4. The number of quaternary nitrogens is 1. The lowest BCUT2D eigenvalue weighted by Gasteiger charge is -2.31. The van der Waals surface area contributed by atoms with E-state index in [0.717, 1.165) is 51.4 Å². The van der Waals surface area contributed by atoms with Gasteiger partial charge in [-0.25, -0.2) is 4.79 Å². The van der Waals surface area contributed by atoms with Crippen molar-refractivity contribution in [1.82, 2.24) is 0 Å². The second-order valence-electron chi connectivity index (χ2n) is 12.5. The van der Waals surface area contributed by atoms with Crippen molar-refractivity contribution in [3.63, 3.8) is 0 Å². The molecule has 250 valence electrons. The molecule has 0 amide bonds. The monoisotopic (exact) mass is 610 g/mol. The Labute approximate surface area is 262 Å². The van der Waals surface area contributed by atoms with Gasteiger partial charge in [-0.15, -0.1) is 0 Å². The number of esters is 2. The van der Waals surface area contributed by atoms with Gasteiger partial charge in [0.2, 0.25) is 0 Å². The van der Waals surface area contributed by atoms with Crippen LogP contribution in [0.15, 0.2) is 24.3 Å². The molecule has 0 saturated heterocycles. The Kier molecular flexibility index (Phi) is 26.0. The lowest BCUT2D eigenvalue weighted by atomic mass is 10.1. The summed E-state index contributed by atoms with van der Waals surface area (Å²) in [5.41, 5.74) is 0. The van der Waals surface area contributed by atoms with Crippen LogP contribution in [0, 0.1) is 0 Å². The molecule has 0 aliphatic heterocycles. The number of hydrogen-bond donors (Lipinski definition) is 1. The first kappa shape index (κ1) is 40.8. The van der Waals surface area contributed by atoms with E-state index in [2.05, 4.69) is 38.2 Å². The van der Waals surface area contributed by atoms with Crippen LogP contribution in [0.1, 0.15) is 129 Å². The third-order valence-corrected chi connectivity index (χ3v) is 7.38. The van der Waals surface area contributed by atoms with Crippen molar-refractivity contribution in [2.45, 2.75) is 142 Å². The molecule has 8 nitrogen and oxygen atoms in total. The molecule has 0 fully saturated rings. The number of ether oxygens (including phenoxy) is 3. The molecule has 0 aliphatic rings. The van der Waals surface area contributed by atoms with Crippen molar-refractivity contribution in [2.24, 2.45) is 0 Å². The molecule has 43 heavy (non-hydrogen) atoms. The molecule has 0 radical (unpaired) electrons. The van der Waals surface area contributed by atoms with Crippen molar-refractivity contribution >= 4 is 17.9 Å². The SMILES string of the molecule is CCCC/C=C/C=C/CCCCCC(=O)OC(COCCC(C(=O)O)[N+](C)(C)C)COC(=O)CCCCCCCCCC. The molecule has 2 atom stereocenters. The zero-order chi connectivity index (χ0) is 32.2. The Hall–Kier alpha value is -2.19. The maximum atomic E-state index is 12.5. The lowest BCUT2D eigenvalue weighted by molar-refractivity contribution is -0.887. The standard InChI is InChI=1S/C35H63NO7/c1-6-8-10-12-14-16-17-18-20-22-24-26-34(38)43-31(29-41-28-27-32(35(39)40)36(3,4)5)30-42-33(37)25-23-21-19-15-13-11-9-7-2/h12,14,16-17,31-32H,6-11,13,15,18-30H2,1-5H3/p+1/b14-12+,17-16+. The van der Waals surface area contributed by atoms with Crippen LogP contribution in [0.5, 0.6) is 0 Å². The highest BCUT2D eigenvalue weighted by Crippen LogP contribution is 2.12. The number of carbonyl (C=O) groups is 3. The predicted octanol–water partition coefficient (Wildman–Crippen LogP) is 7.79. The second-order valence-corrected chi connectivity index (χ2v) is 12.5. The van der Waals surface area contributed by atoms with E-state index in [1.807, 2.05) is 21.1 Å². The van der Waals surface area contributed by atoms with Crippen LogP contribution in [0.2, 0.25) is 0 Å². The summed E-state index contributed by atoms with van der Waals surface area (Å²) in [5.74, 6) is -1.51. The first-order valence-corrected chi connectivity index (χ1v) is 16.9. The molecule has 0 rings (SSSR count). The number of hydrogen-bond acceptors (Lipinski definition) is 6. The fraction of sp³-hybridized carbons (Fsp3) is 0.800. The van der Waals surface area contributed by atoms with Crippen molar-refractivity contribution in [3.8, 4) is 0 Å². The van der Waals surface area contributed by atoms with Gasteiger partial charge in [0, 0.05) is 19.3 Å². The number of carboxylic acids is 1. The number of unbranched alkanes of at least 4 members (excludes halogenated alkanes) is 12. The zero-order valence-electron chi connectivity index (χ0n) is 28.2. The lowest BCUT2D eigenvalue weighted by Crippen LogP contribution is -2.50. The highest BCUT2D eigenvalue weighted by molar-refractivity contribution is 5.72. The highest BCUT2D eigenvalue weighted by Gasteiger charge is 2.31. The molecule has 0 aliphatic carbocycles. The van der Waals surface area contributed by atoms with E-state index in [0.29, 0.717) is 19.3 Å². The Morgan fingerprint density at radius 1 is 0.698 bits per heavy atom. The number of likely N-dealkylation sites (N-methyl/N-ethyl adjacent to an activating group) is 1. The van der Waals surface area contributed by atoms with Crippen LogP contribution in [-0.4, -0.2) is 80.6 Å². The molecule has 8 heteroatoms. The summed E-state index contributed by atoms with van der Waals surface area (Å²) in [4.78, 5) is 36.5. The number of aliphatic carboxylic acids is 1. The number of carbonyl (C=O) groups excluding carboxylic acids is 2. The zero-order valence-corrected chi connectivity index (χ0v) is 28.2. The Balaban J connectivity index is 4.54. The van der Waals surface area contributed by atoms with Crippen LogP contribution in [0.3, 0.4) is 0 Å². The van der Waals surface area contributed by atoms with Gasteiger partial charge >= 0.3 is 17.9 Å². The average molecular weight is 611 g/mol. The molecule has 0 aromatic rings. The molecule has 0 saturated carbocycles.